The molecule has 0 fully saturated rings. The van der Waals surface area contributed by atoms with Gasteiger partial charge in [-0.05, 0) is 29.8 Å². The van der Waals surface area contributed by atoms with Crippen molar-refractivity contribution in [1.82, 2.24) is 10.4 Å². The number of aromatic nitrogens is 1. The van der Waals surface area contributed by atoms with E-state index >= 15 is 0 Å². The minimum atomic E-state index is -4.74. The molecule has 1 aromatic carbocycles. The van der Waals surface area contributed by atoms with Crippen LogP contribution in [0.15, 0.2) is 46.4 Å². The highest BCUT2D eigenvalue weighted by Crippen LogP contribution is 2.22. The van der Waals surface area contributed by atoms with Gasteiger partial charge in [-0.2, -0.15) is 5.10 Å². The lowest BCUT2D eigenvalue weighted by molar-refractivity contribution is -0.274. The number of oxazole rings is 1. The molecule has 0 atom stereocenters. The van der Waals surface area contributed by atoms with Gasteiger partial charge in [0.05, 0.1) is 12.4 Å². The van der Waals surface area contributed by atoms with Crippen molar-refractivity contribution in [2.45, 2.75) is 6.36 Å². The number of hydrazone groups is 1. The van der Waals surface area contributed by atoms with Gasteiger partial charge in [-0.1, -0.05) is 0 Å². The molecule has 1 aromatic heterocycles. The van der Waals surface area contributed by atoms with Crippen LogP contribution < -0.4 is 10.2 Å². The Balaban J connectivity index is 1.91. The highest BCUT2D eigenvalue weighted by molar-refractivity contribution is 5.92. The number of alkyl halides is 3. The number of amides is 1. The van der Waals surface area contributed by atoms with E-state index in [1.165, 1.54) is 24.5 Å². The molecule has 0 radical (unpaired) electrons. The van der Waals surface area contributed by atoms with Gasteiger partial charge < -0.3 is 9.15 Å². The minimum Gasteiger partial charge on any atom is -0.438 e. The summed E-state index contributed by atoms with van der Waals surface area (Å²) in [5.74, 6) is -0.952. The molecule has 0 bridgehead atoms. The molecule has 0 saturated carbocycles. The Kier molecular flexibility index (Phi) is 4.21. The van der Waals surface area contributed by atoms with E-state index in [2.05, 4.69) is 20.2 Å². The first-order valence-electron chi connectivity index (χ1n) is 5.52. The maximum atomic E-state index is 12.0. The van der Waals surface area contributed by atoms with Crippen LogP contribution in [0, 0.1) is 0 Å². The second kappa shape index (κ2) is 6.07. The second-order valence-corrected chi connectivity index (χ2v) is 3.68. The normalized spacial score (nSPS) is 11.6. The Morgan fingerprint density at radius 1 is 1.33 bits per heavy atom. The molecule has 21 heavy (non-hydrogen) atoms. The number of rotatable bonds is 4. The minimum absolute atomic E-state index is 0.0129. The maximum absolute atomic E-state index is 12.0. The topological polar surface area (TPSA) is 76.7 Å². The zero-order chi connectivity index (χ0) is 15.3. The molecule has 6 nitrogen and oxygen atoms in total. The van der Waals surface area contributed by atoms with E-state index in [4.69, 9.17) is 4.42 Å². The predicted molar refractivity (Wildman–Crippen MR) is 64.7 cm³/mol. The lowest BCUT2D eigenvalue weighted by Crippen LogP contribution is -2.17. The number of nitrogens with one attached hydrogen (secondary N) is 1. The Morgan fingerprint density at radius 3 is 2.62 bits per heavy atom. The van der Waals surface area contributed by atoms with Crippen LogP contribution in [0.25, 0.3) is 0 Å². The van der Waals surface area contributed by atoms with Crippen LogP contribution in [-0.4, -0.2) is 23.5 Å². The molecule has 110 valence electrons. The molecule has 0 unspecified atom stereocenters. The van der Waals surface area contributed by atoms with E-state index in [1.54, 1.807) is 0 Å². The van der Waals surface area contributed by atoms with Gasteiger partial charge in [-0.25, -0.2) is 10.4 Å². The number of benzene rings is 1. The molecule has 2 rings (SSSR count). The average Bonchev–Trinajstić information content (AvgIpc) is 2.93. The van der Waals surface area contributed by atoms with E-state index in [0.29, 0.717) is 5.56 Å². The van der Waals surface area contributed by atoms with Gasteiger partial charge in [-0.3, -0.25) is 4.79 Å². The van der Waals surface area contributed by atoms with E-state index in [9.17, 15) is 18.0 Å². The summed E-state index contributed by atoms with van der Waals surface area (Å²) in [4.78, 5) is 15.0. The van der Waals surface area contributed by atoms with Crippen LogP contribution in [0.2, 0.25) is 0 Å². The number of halogens is 3. The highest BCUT2D eigenvalue weighted by Gasteiger charge is 2.30. The summed E-state index contributed by atoms with van der Waals surface area (Å²) in [7, 11) is 0. The standard InChI is InChI=1S/C12H8F3N3O3/c13-12(14,15)21-9-3-1-8(2-4-9)5-17-18-11(19)10-6-16-7-20-10/h1-7H,(H,18,19)/b17-5+. The largest absolute Gasteiger partial charge is 0.573 e. The predicted octanol–water partition coefficient (Wildman–Crippen LogP) is 2.34. The van der Waals surface area contributed by atoms with Crippen molar-refractivity contribution in [3.05, 3.63) is 48.2 Å². The second-order valence-electron chi connectivity index (χ2n) is 3.68. The average molecular weight is 299 g/mol. The molecule has 0 spiro atoms. The zero-order valence-electron chi connectivity index (χ0n) is 10.3. The Morgan fingerprint density at radius 2 is 2.05 bits per heavy atom. The monoisotopic (exact) mass is 299 g/mol. The lowest BCUT2D eigenvalue weighted by Gasteiger charge is -2.08. The molecule has 1 N–H and O–H groups in total. The molecule has 0 aliphatic heterocycles. The van der Waals surface area contributed by atoms with Gasteiger partial charge >= 0.3 is 12.3 Å². The van der Waals surface area contributed by atoms with Crippen molar-refractivity contribution in [2.75, 3.05) is 0 Å². The number of ether oxygens (including phenoxy) is 1. The third kappa shape index (κ3) is 4.64. The Labute approximate surface area is 116 Å². The van der Waals surface area contributed by atoms with Crippen LogP contribution in [0.4, 0.5) is 13.2 Å². The van der Waals surface area contributed by atoms with Crippen molar-refractivity contribution >= 4 is 12.1 Å². The first kappa shape index (κ1) is 14.6. The van der Waals surface area contributed by atoms with Crippen LogP contribution >= 0.6 is 0 Å². The van der Waals surface area contributed by atoms with Crippen LogP contribution in [0.1, 0.15) is 16.1 Å². The molecule has 1 heterocycles. The number of hydrogen-bond acceptors (Lipinski definition) is 5. The van der Waals surface area contributed by atoms with Gasteiger partial charge in [0, 0.05) is 0 Å². The molecule has 1 amide bonds. The van der Waals surface area contributed by atoms with Crippen molar-refractivity contribution in [3.8, 4) is 5.75 Å². The van der Waals surface area contributed by atoms with E-state index < -0.39 is 12.3 Å². The molecular weight excluding hydrogens is 291 g/mol. The van der Waals surface area contributed by atoms with Crippen LogP contribution in [0.3, 0.4) is 0 Å². The maximum Gasteiger partial charge on any atom is 0.573 e. The Bertz CT molecular complexity index is 621. The quantitative estimate of drug-likeness (QED) is 0.694. The van der Waals surface area contributed by atoms with Crippen LogP contribution in [-0.2, 0) is 0 Å². The first-order chi connectivity index (χ1) is 9.94. The van der Waals surface area contributed by atoms with E-state index in [-0.39, 0.29) is 11.5 Å². The Hall–Kier alpha value is -2.84. The smallest absolute Gasteiger partial charge is 0.438 e. The molecule has 0 aliphatic carbocycles. The number of carbonyl (C=O) groups is 1. The molecule has 0 saturated heterocycles. The van der Waals surface area contributed by atoms with Crippen molar-refractivity contribution in [2.24, 2.45) is 5.10 Å². The number of carbonyl (C=O) groups excluding carboxylic acids is 1. The van der Waals surface area contributed by atoms with Crippen molar-refractivity contribution < 1.29 is 27.1 Å². The van der Waals surface area contributed by atoms with E-state index in [0.717, 1.165) is 18.5 Å². The summed E-state index contributed by atoms with van der Waals surface area (Å²) in [5.41, 5.74) is 2.65. The first-order valence-corrected chi connectivity index (χ1v) is 5.52. The number of hydrogen-bond donors (Lipinski definition) is 1. The summed E-state index contributed by atoms with van der Waals surface area (Å²) < 4.78 is 44.3. The van der Waals surface area contributed by atoms with Gasteiger partial charge in [0.2, 0.25) is 5.76 Å². The third-order valence-corrected chi connectivity index (χ3v) is 2.15. The fourth-order valence-electron chi connectivity index (χ4n) is 1.30. The van der Waals surface area contributed by atoms with Gasteiger partial charge in [0.1, 0.15) is 5.75 Å². The SMILES string of the molecule is O=C(N/N=C/c1ccc(OC(F)(F)F)cc1)c1cnco1. The highest BCUT2D eigenvalue weighted by atomic mass is 19.4. The molecular formula is C12H8F3N3O3. The summed E-state index contributed by atoms with van der Waals surface area (Å²) in [6.07, 6.45) is -1.17. The summed E-state index contributed by atoms with van der Waals surface area (Å²) in [5, 5.41) is 3.63. The van der Waals surface area contributed by atoms with Gasteiger partial charge in [0.15, 0.2) is 6.39 Å². The molecule has 0 aliphatic rings. The summed E-state index contributed by atoms with van der Waals surface area (Å²) in [6.45, 7) is 0. The fourth-order valence-corrected chi connectivity index (χ4v) is 1.30. The van der Waals surface area contributed by atoms with Crippen molar-refractivity contribution in [3.63, 3.8) is 0 Å². The lowest BCUT2D eigenvalue weighted by atomic mass is 10.2. The van der Waals surface area contributed by atoms with Crippen LogP contribution in [0.5, 0.6) is 5.75 Å². The zero-order valence-corrected chi connectivity index (χ0v) is 10.3. The van der Waals surface area contributed by atoms with E-state index in [1.807, 2.05) is 0 Å². The fraction of sp³-hybridized carbons (Fsp3) is 0.0833. The summed E-state index contributed by atoms with van der Waals surface area (Å²) >= 11 is 0. The van der Waals surface area contributed by atoms with Gasteiger partial charge in [-0.15, -0.1) is 13.2 Å². The molecule has 2 aromatic rings. The van der Waals surface area contributed by atoms with Crippen molar-refractivity contribution in [1.29, 1.82) is 0 Å². The number of nitrogens with zero attached hydrogens (tertiary/aromatic N) is 2. The summed E-state index contributed by atoms with van der Waals surface area (Å²) in [6, 6.07) is 4.97. The van der Waals surface area contributed by atoms with Gasteiger partial charge in [0.25, 0.3) is 0 Å². The molecule has 9 heteroatoms. The third-order valence-electron chi connectivity index (χ3n) is 2.15.